The average Bonchev–Trinajstić information content (AvgIpc) is 2.74. The molecule has 2 rings (SSSR count). The molecule has 0 spiro atoms. The molecule has 1 heterocycles. The van der Waals surface area contributed by atoms with Crippen molar-refractivity contribution in [3.8, 4) is 0 Å². The van der Waals surface area contributed by atoms with Gasteiger partial charge in [-0.15, -0.1) is 11.8 Å². The van der Waals surface area contributed by atoms with E-state index in [1.165, 1.54) is 19.3 Å². The van der Waals surface area contributed by atoms with Crippen LogP contribution in [0.1, 0.15) is 65.3 Å². The molecule has 0 unspecified atom stereocenters. The Balaban J connectivity index is 1.91. The molecule has 0 saturated heterocycles. The quantitative estimate of drug-likeness (QED) is 0.781. The van der Waals surface area contributed by atoms with E-state index in [0.29, 0.717) is 12.2 Å². The topological polar surface area (TPSA) is 43.1 Å². The van der Waals surface area contributed by atoms with Gasteiger partial charge < -0.3 is 4.52 Å². The van der Waals surface area contributed by atoms with Crippen molar-refractivity contribution in [3.05, 3.63) is 17.5 Å². The van der Waals surface area contributed by atoms with Crippen LogP contribution in [0.25, 0.3) is 0 Å². The molecule has 0 bridgehead atoms. The zero-order valence-electron chi connectivity index (χ0n) is 13.9. The fraction of sp³-hybridized carbons (Fsp3) is 0.765. The Labute approximate surface area is 132 Å². The average molecular weight is 309 g/mol. The maximum atomic E-state index is 12.5. The summed E-state index contributed by atoms with van der Waals surface area (Å²) in [5, 5.41) is 4.09. The summed E-state index contributed by atoms with van der Waals surface area (Å²) in [6.07, 6.45) is 4.35. The minimum atomic E-state index is -0.343. The van der Waals surface area contributed by atoms with Gasteiger partial charge in [0.2, 0.25) is 0 Å². The van der Waals surface area contributed by atoms with E-state index in [1.54, 1.807) is 11.8 Å². The third-order valence-electron chi connectivity index (χ3n) is 4.24. The number of aromatic nitrogens is 1. The van der Waals surface area contributed by atoms with Crippen LogP contribution in [0.5, 0.6) is 0 Å². The van der Waals surface area contributed by atoms with Gasteiger partial charge in [0.05, 0.1) is 16.9 Å². The van der Waals surface area contributed by atoms with Crippen LogP contribution >= 0.6 is 11.8 Å². The summed E-state index contributed by atoms with van der Waals surface area (Å²) in [4.78, 5) is 12.5. The Kier molecular flexibility index (Phi) is 4.86. The number of hydrogen-bond acceptors (Lipinski definition) is 4. The van der Waals surface area contributed by atoms with Crippen molar-refractivity contribution in [3.63, 3.8) is 0 Å². The van der Waals surface area contributed by atoms with Crippen LogP contribution in [0.2, 0.25) is 0 Å². The molecular formula is C17H27NO2S. The van der Waals surface area contributed by atoms with E-state index >= 15 is 0 Å². The molecule has 1 aromatic heterocycles. The monoisotopic (exact) mass is 309 g/mol. The van der Waals surface area contributed by atoms with Crippen LogP contribution in [-0.2, 0) is 16.6 Å². The van der Waals surface area contributed by atoms with Crippen LogP contribution in [-0.4, -0.2) is 21.4 Å². The minimum absolute atomic E-state index is 0.0424. The van der Waals surface area contributed by atoms with Crippen molar-refractivity contribution in [1.29, 1.82) is 0 Å². The molecule has 4 heteroatoms. The second kappa shape index (κ2) is 6.15. The summed E-state index contributed by atoms with van der Waals surface area (Å²) in [6.45, 7) is 10.3. The van der Waals surface area contributed by atoms with Gasteiger partial charge >= 0.3 is 0 Å². The van der Waals surface area contributed by atoms with E-state index in [0.717, 1.165) is 17.4 Å². The van der Waals surface area contributed by atoms with Crippen LogP contribution < -0.4 is 0 Å². The Morgan fingerprint density at radius 1 is 1.33 bits per heavy atom. The summed E-state index contributed by atoms with van der Waals surface area (Å²) < 4.78 is 4.99. The first-order chi connectivity index (χ1) is 9.68. The van der Waals surface area contributed by atoms with Gasteiger partial charge in [-0.1, -0.05) is 32.3 Å². The zero-order valence-corrected chi connectivity index (χ0v) is 14.7. The molecule has 0 atom stereocenters. The summed E-state index contributed by atoms with van der Waals surface area (Å²) >= 11 is 1.79. The minimum Gasteiger partial charge on any atom is -0.361 e. The lowest BCUT2D eigenvalue weighted by Gasteiger charge is -2.29. The highest BCUT2D eigenvalue weighted by atomic mass is 32.2. The largest absolute Gasteiger partial charge is 0.361 e. The fourth-order valence-corrected chi connectivity index (χ4v) is 3.41. The molecule has 0 amide bonds. The van der Waals surface area contributed by atoms with E-state index < -0.39 is 0 Å². The summed E-state index contributed by atoms with van der Waals surface area (Å²) in [5.74, 6) is 2.83. The van der Waals surface area contributed by atoms with Gasteiger partial charge in [-0.25, -0.2) is 0 Å². The van der Waals surface area contributed by atoms with Crippen molar-refractivity contribution < 1.29 is 9.32 Å². The third kappa shape index (κ3) is 4.35. The summed E-state index contributed by atoms with van der Waals surface area (Å²) in [6, 6.07) is 1.92. The molecule has 0 N–H and O–H groups in total. The Morgan fingerprint density at radius 3 is 2.48 bits per heavy atom. The number of Topliss-reactive ketones (excluding diaryl/α,β-unsaturated/α-hetero) is 1. The molecule has 1 saturated carbocycles. The molecule has 0 aliphatic heterocycles. The molecular weight excluding hydrogens is 282 g/mol. The lowest BCUT2D eigenvalue weighted by molar-refractivity contribution is -0.120. The van der Waals surface area contributed by atoms with Crippen molar-refractivity contribution >= 4 is 17.5 Å². The van der Waals surface area contributed by atoms with Crippen LogP contribution in [0.15, 0.2) is 10.6 Å². The molecule has 0 aromatic carbocycles. The molecule has 1 aliphatic carbocycles. The van der Waals surface area contributed by atoms with Crippen molar-refractivity contribution in [2.45, 2.75) is 70.5 Å². The molecule has 1 aromatic rings. The number of carbonyl (C=O) groups excluding carboxylic acids is 1. The van der Waals surface area contributed by atoms with Crippen LogP contribution in [0.4, 0.5) is 0 Å². The van der Waals surface area contributed by atoms with E-state index in [2.05, 4.69) is 25.9 Å². The third-order valence-corrected chi connectivity index (χ3v) is 5.83. The predicted octanol–water partition coefficient (Wildman–Crippen LogP) is 4.40. The maximum absolute atomic E-state index is 12.5. The van der Waals surface area contributed by atoms with Gasteiger partial charge in [0, 0.05) is 11.5 Å². The van der Waals surface area contributed by atoms with Gasteiger partial charge in [-0.05, 0) is 38.4 Å². The number of thioether (sulfide) groups is 1. The van der Waals surface area contributed by atoms with Gasteiger partial charge in [0.1, 0.15) is 5.76 Å². The molecule has 3 nitrogen and oxygen atoms in total. The lowest BCUT2D eigenvalue weighted by Crippen LogP contribution is -2.31. The number of nitrogens with zero attached hydrogens (tertiary/aromatic N) is 1. The van der Waals surface area contributed by atoms with Crippen LogP contribution in [0.3, 0.4) is 0 Å². The van der Waals surface area contributed by atoms with Gasteiger partial charge in [0.15, 0.2) is 5.78 Å². The number of carbonyl (C=O) groups is 1. The van der Waals surface area contributed by atoms with Crippen molar-refractivity contribution in [2.75, 3.05) is 5.75 Å². The van der Waals surface area contributed by atoms with E-state index in [4.69, 9.17) is 4.52 Å². The molecule has 118 valence electrons. The second-order valence-electron chi connectivity index (χ2n) is 7.65. The Morgan fingerprint density at radius 2 is 2.00 bits per heavy atom. The van der Waals surface area contributed by atoms with Gasteiger partial charge in [-0.3, -0.25) is 4.79 Å². The van der Waals surface area contributed by atoms with Gasteiger partial charge in [0.25, 0.3) is 0 Å². The Bertz CT molecular complexity index is 495. The predicted molar refractivity (Wildman–Crippen MR) is 87.8 cm³/mol. The number of hydrogen-bond donors (Lipinski definition) is 0. The highest BCUT2D eigenvalue weighted by molar-refractivity contribution is 8.01. The molecule has 1 aliphatic rings. The molecule has 1 fully saturated rings. The highest BCUT2D eigenvalue weighted by Crippen LogP contribution is 2.35. The van der Waals surface area contributed by atoms with Crippen molar-refractivity contribution in [1.82, 2.24) is 5.16 Å². The van der Waals surface area contributed by atoms with Gasteiger partial charge in [-0.2, -0.15) is 0 Å². The van der Waals surface area contributed by atoms with Crippen LogP contribution in [0, 0.1) is 5.92 Å². The smallest absolute Gasteiger partial charge is 0.155 e. The SMILES string of the molecule is CC(C)(SCC1CCC1)C(=O)Cc1cc(C(C)(C)C)no1. The van der Waals surface area contributed by atoms with E-state index in [-0.39, 0.29) is 15.9 Å². The normalized spacial score (nSPS) is 16.8. The first-order valence-electron chi connectivity index (χ1n) is 7.82. The number of ketones is 1. The fourth-order valence-electron chi connectivity index (χ4n) is 2.19. The van der Waals surface area contributed by atoms with Crippen molar-refractivity contribution in [2.24, 2.45) is 5.92 Å². The maximum Gasteiger partial charge on any atom is 0.155 e. The zero-order chi connectivity index (χ0) is 15.7. The molecule has 21 heavy (non-hydrogen) atoms. The summed E-state index contributed by atoms with van der Waals surface area (Å²) in [5.41, 5.74) is 0.865. The molecule has 0 radical (unpaired) electrons. The standard InChI is InChI=1S/C17H27NO2S/c1-16(2,3)14-9-13(20-18-14)10-15(19)17(4,5)21-11-12-7-6-8-12/h9,12H,6-8,10-11H2,1-5H3. The highest BCUT2D eigenvalue weighted by Gasteiger charge is 2.31. The summed E-state index contributed by atoms with van der Waals surface area (Å²) in [7, 11) is 0. The second-order valence-corrected chi connectivity index (χ2v) is 9.29. The Hall–Kier alpha value is -0.770. The lowest BCUT2D eigenvalue weighted by atomic mass is 9.87. The first kappa shape index (κ1) is 16.6. The number of rotatable bonds is 6. The first-order valence-corrected chi connectivity index (χ1v) is 8.80. The van der Waals surface area contributed by atoms with E-state index in [1.807, 2.05) is 19.9 Å². The van der Waals surface area contributed by atoms with E-state index in [9.17, 15) is 4.79 Å².